The van der Waals surface area contributed by atoms with Crippen molar-refractivity contribution >= 4 is 12.3 Å². The summed E-state index contributed by atoms with van der Waals surface area (Å²) in [6.45, 7) is 8.64. The van der Waals surface area contributed by atoms with Crippen molar-refractivity contribution in [3.8, 4) is 0 Å². The second kappa shape index (κ2) is 6.80. The molecule has 1 spiro atoms. The highest BCUT2D eigenvalue weighted by Gasteiger charge is 2.77. The summed E-state index contributed by atoms with van der Waals surface area (Å²) in [7, 11) is 1.95. The van der Waals surface area contributed by atoms with Crippen LogP contribution in [0.5, 0.6) is 0 Å². The molecule has 11 atom stereocenters. The average molecular weight is 417 g/mol. The van der Waals surface area contributed by atoms with Gasteiger partial charge in [-0.3, -0.25) is 9.59 Å². The number of esters is 1. The number of carbonyl (C=O) groups excluding carboxylic acids is 2. The van der Waals surface area contributed by atoms with E-state index < -0.39 is 6.10 Å². The monoisotopic (exact) mass is 416 g/mol. The minimum absolute atomic E-state index is 0.0842. The Bertz CT molecular complexity index is 735. The summed E-state index contributed by atoms with van der Waals surface area (Å²) in [5.74, 6) is 3.37. The van der Waals surface area contributed by atoms with Gasteiger partial charge < -0.3 is 9.47 Å². The predicted molar refractivity (Wildman–Crippen MR) is 115 cm³/mol. The van der Waals surface area contributed by atoms with Gasteiger partial charge in [0.15, 0.2) is 12.4 Å². The molecule has 0 aromatic heterocycles. The molecule has 0 radical (unpaired) electrons. The van der Waals surface area contributed by atoms with Crippen LogP contribution < -0.4 is 0 Å². The van der Waals surface area contributed by atoms with E-state index in [2.05, 4.69) is 20.8 Å². The highest BCUT2D eigenvalue weighted by Crippen LogP contribution is 2.82. The molecule has 168 valence electrons. The summed E-state index contributed by atoms with van der Waals surface area (Å²) in [4.78, 5) is 23.3. The van der Waals surface area contributed by atoms with Crippen LogP contribution in [0.25, 0.3) is 0 Å². The maximum Gasteiger partial charge on any atom is 0.303 e. The number of hydrogen-bond acceptors (Lipinski definition) is 4. The zero-order valence-electron chi connectivity index (χ0n) is 19.5. The second-order valence-electron chi connectivity index (χ2n) is 12.0. The van der Waals surface area contributed by atoms with Gasteiger partial charge in [0.05, 0.1) is 6.10 Å². The summed E-state index contributed by atoms with van der Waals surface area (Å²) in [5, 5.41) is 0. The van der Waals surface area contributed by atoms with Crippen molar-refractivity contribution in [2.24, 2.45) is 51.8 Å². The van der Waals surface area contributed by atoms with Crippen molar-refractivity contribution in [1.29, 1.82) is 0 Å². The molecule has 5 aliphatic rings. The Labute approximate surface area is 181 Å². The van der Waals surface area contributed by atoms with Crippen LogP contribution in [0.15, 0.2) is 0 Å². The first-order chi connectivity index (χ1) is 14.2. The molecule has 0 amide bonds. The number of rotatable bonds is 5. The quantitative estimate of drug-likeness (QED) is 0.465. The molecule has 0 unspecified atom stereocenters. The fourth-order valence-corrected chi connectivity index (χ4v) is 10.2. The lowest BCUT2D eigenvalue weighted by Gasteiger charge is -2.61. The highest BCUT2D eigenvalue weighted by molar-refractivity contribution is 5.70. The first kappa shape index (κ1) is 21.0. The summed E-state index contributed by atoms with van der Waals surface area (Å²) in [6.07, 6.45) is 11.1. The van der Waals surface area contributed by atoms with Gasteiger partial charge in [-0.05, 0) is 91.8 Å². The number of hydrogen-bond donors (Lipinski definition) is 0. The Morgan fingerprint density at radius 3 is 2.50 bits per heavy atom. The first-order valence-electron chi connectivity index (χ1n) is 12.4. The molecule has 0 aliphatic heterocycles. The van der Waals surface area contributed by atoms with Crippen molar-refractivity contribution in [2.75, 3.05) is 7.11 Å². The molecule has 5 aliphatic carbocycles. The molecule has 4 nitrogen and oxygen atoms in total. The molecule has 30 heavy (non-hydrogen) atoms. The van der Waals surface area contributed by atoms with Gasteiger partial charge in [0.1, 0.15) is 0 Å². The lowest BCUT2D eigenvalue weighted by atomic mass is 9.45. The molecular weight excluding hydrogens is 376 g/mol. The van der Waals surface area contributed by atoms with Crippen LogP contribution in [0.2, 0.25) is 0 Å². The minimum Gasteiger partial charge on any atom is -0.455 e. The Hall–Kier alpha value is -0.900. The van der Waals surface area contributed by atoms with Crippen LogP contribution in [0.1, 0.15) is 79.1 Å². The SMILES string of the molecule is CO[C@@H]1C[C@H]2[C@@H]3CC[C@H]([C@H](C)[C@H](C=O)OC(C)=O)[C@@]3(C)CC[C@@H]2[C@@]2(C)CC[C@H]3C[C@]312. The summed E-state index contributed by atoms with van der Waals surface area (Å²) < 4.78 is 11.6. The van der Waals surface area contributed by atoms with Crippen LogP contribution in [0, 0.1) is 51.8 Å². The highest BCUT2D eigenvalue weighted by atomic mass is 16.5. The lowest BCUT2D eigenvalue weighted by molar-refractivity contribution is -0.166. The molecule has 5 rings (SSSR count). The zero-order chi connectivity index (χ0) is 21.5. The van der Waals surface area contributed by atoms with Gasteiger partial charge in [0.25, 0.3) is 0 Å². The molecule has 4 heteroatoms. The third-order valence-electron chi connectivity index (χ3n) is 11.5. The maximum absolute atomic E-state index is 11.7. The third kappa shape index (κ3) is 2.49. The van der Waals surface area contributed by atoms with Crippen LogP contribution in [0.4, 0.5) is 0 Å². The Balaban J connectivity index is 1.42. The standard InChI is InChI=1S/C26H40O4/c1-15(22(14-27)30-16(2)28)19-6-7-20-18-12-23(29-5)26-13-17(26)8-11-25(26,4)21(18)9-10-24(19,20)3/h14-15,17-23H,6-13H2,1-5H3/t15-,17-,18-,19+,20-,21-,22-,23+,24+,25+,26-/m0/s1. The minimum atomic E-state index is -0.610. The largest absolute Gasteiger partial charge is 0.455 e. The van der Waals surface area contributed by atoms with E-state index in [0.29, 0.717) is 28.8 Å². The van der Waals surface area contributed by atoms with Gasteiger partial charge in [-0.1, -0.05) is 20.8 Å². The maximum atomic E-state index is 11.7. The molecule has 0 N–H and O–H groups in total. The lowest BCUT2D eigenvalue weighted by Crippen LogP contribution is -2.57. The second-order valence-corrected chi connectivity index (χ2v) is 12.0. The zero-order valence-corrected chi connectivity index (χ0v) is 19.5. The first-order valence-corrected chi connectivity index (χ1v) is 12.4. The molecule has 0 heterocycles. The van der Waals surface area contributed by atoms with Crippen LogP contribution in [-0.2, 0) is 19.1 Å². The van der Waals surface area contributed by atoms with E-state index in [9.17, 15) is 9.59 Å². The van der Waals surface area contributed by atoms with Gasteiger partial charge in [-0.2, -0.15) is 0 Å². The van der Waals surface area contributed by atoms with Crippen molar-refractivity contribution in [2.45, 2.75) is 91.3 Å². The number of methoxy groups -OCH3 is 1. The Morgan fingerprint density at radius 1 is 1.10 bits per heavy atom. The van der Waals surface area contributed by atoms with Gasteiger partial charge >= 0.3 is 5.97 Å². The smallest absolute Gasteiger partial charge is 0.303 e. The van der Waals surface area contributed by atoms with Crippen molar-refractivity contribution in [3.05, 3.63) is 0 Å². The van der Waals surface area contributed by atoms with Crippen LogP contribution in [0.3, 0.4) is 0 Å². The van der Waals surface area contributed by atoms with Crippen molar-refractivity contribution < 1.29 is 19.1 Å². The average Bonchev–Trinajstić information content (AvgIpc) is 3.22. The molecule has 5 saturated carbocycles. The van der Waals surface area contributed by atoms with E-state index in [1.165, 1.54) is 51.9 Å². The molecule has 0 saturated heterocycles. The topological polar surface area (TPSA) is 52.6 Å². The van der Waals surface area contributed by atoms with Gasteiger partial charge in [-0.25, -0.2) is 0 Å². The van der Waals surface area contributed by atoms with Crippen molar-refractivity contribution in [3.63, 3.8) is 0 Å². The van der Waals surface area contributed by atoms with E-state index in [-0.39, 0.29) is 17.3 Å². The van der Waals surface area contributed by atoms with E-state index >= 15 is 0 Å². The number of carbonyl (C=O) groups is 2. The molecular formula is C26H40O4. The fourth-order valence-electron chi connectivity index (χ4n) is 10.2. The molecule has 0 aromatic carbocycles. The molecule has 5 fully saturated rings. The number of aldehydes is 1. The van der Waals surface area contributed by atoms with Crippen molar-refractivity contribution in [1.82, 2.24) is 0 Å². The van der Waals surface area contributed by atoms with E-state index in [0.717, 1.165) is 30.5 Å². The summed E-state index contributed by atoms with van der Waals surface area (Å²) in [6, 6.07) is 0. The van der Waals surface area contributed by atoms with E-state index in [1.54, 1.807) is 0 Å². The number of ether oxygens (including phenoxy) is 2. The van der Waals surface area contributed by atoms with Gasteiger partial charge in [-0.15, -0.1) is 0 Å². The summed E-state index contributed by atoms with van der Waals surface area (Å²) in [5.41, 5.74) is 1.16. The van der Waals surface area contributed by atoms with Crippen LogP contribution >= 0.6 is 0 Å². The molecule has 0 bridgehead atoms. The number of fused-ring (bicyclic) bond motifs is 4. The van der Waals surface area contributed by atoms with Gasteiger partial charge in [0, 0.05) is 25.4 Å². The Morgan fingerprint density at radius 2 is 1.87 bits per heavy atom. The third-order valence-corrected chi connectivity index (χ3v) is 11.5. The summed E-state index contributed by atoms with van der Waals surface area (Å²) >= 11 is 0. The molecule has 0 aromatic rings. The van der Waals surface area contributed by atoms with E-state index in [4.69, 9.17) is 9.47 Å². The predicted octanol–water partition coefficient (Wildman–Crippen LogP) is 5.04. The Kier molecular flexibility index (Phi) is 4.75. The fraction of sp³-hybridized carbons (Fsp3) is 0.923. The van der Waals surface area contributed by atoms with E-state index in [1.807, 2.05) is 7.11 Å². The van der Waals surface area contributed by atoms with Crippen LogP contribution in [-0.4, -0.2) is 31.6 Å². The normalized spacial score (nSPS) is 53.0. The van der Waals surface area contributed by atoms with Gasteiger partial charge in [0.2, 0.25) is 0 Å².